The van der Waals surface area contributed by atoms with Crippen molar-refractivity contribution in [2.24, 2.45) is 11.3 Å². The molecule has 1 unspecified atom stereocenters. The standard InChI is InChI=1S/C13H23NO/c1-2-7-13(8-4-9-14-10-13)12(15)11-5-3-6-11/h11,14H,2-10H2,1H3. The highest BCUT2D eigenvalue weighted by atomic mass is 16.1. The summed E-state index contributed by atoms with van der Waals surface area (Å²) >= 11 is 0. The molecule has 2 aliphatic rings. The van der Waals surface area contributed by atoms with Gasteiger partial charge >= 0.3 is 0 Å². The Morgan fingerprint density at radius 3 is 2.67 bits per heavy atom. The van der Waals surface area contributed by atoms with Gasteiger partial charge in [0, 0.05) is 17.9 Å². The number of Topliss-reactive ketones (excluding diaryl/α,β-unsaturated/α-hetero) is 1. The molecule has 86 valence electrons. The van der Waals surface area contributed by atoms with Gasteiger partial charge in [-0.05, 0) is 38.6 Å². The van der Waals surface area contributed by atoms with Crippen LogP contribution in [0.4, 0.5) is 0 Å². The van der Waals surface area contributed by atoms with Crippen LogP contribution in [0, 0.1) is 11.3 Å². The van der Waals surface area contributed by atoms with Gasteiger partial charge in [-0.1, -0.05) is 19.8 Å². The number of hydrogen-bond acceptors (Lipinski definition) is 2. The first-order chi connectivity index (χ1) is 7.28. The molecule has 2 rings (SSSR count). The van der Waals surface area contributed by atoms with Crippen molar-refractivity contribution in [2.45, 2.75) is 51.9 Å². The van der Waals surface area contributed by atoms with Gasteiger partial charge in [0.2, 0.25) is 0 Å². The molecule has 0 radical (unpaired) electrons. The number of rotatable bonds is 4. The average molecular weight is 209 g/mol. The maximum atomic E-state index is 12.5. The minimum absolute atomic E-state index is 0.0120. The van der Waals surface area contributed by atoms with Crippen molar-refractivity contribution in [1.29, 1.82) is 0 Å². The molecular formula is C13H23NO. The molecular weight excluding hydrogens is 186 g/mol. The molecule has 0 aromatic rings. The zero-order valence-corrected chi connectivity index (χ0v) is 9.85. The monoisotopic (exact) mass is 209 g/mol. The predicted molar refractivity (Wildman–Crippen MR) is 61.8 cm³/mol. The first-order valence-corrected chi connectivity index (χ1v) is 6.53. The van der Waals surface area contributed by atoms with E-state index in [0.29, 0.717) is 11.7 Å². The molecule has 2 fully saturated rings. The van der Waals surface area contributed by atoms with Crippen molar-refractivity contribution in [3.63, 3.8) is 0 Å². The maximum absolute atomic E-state index is 12.5. The third-order valence-electron chi connectivity index (χ3n) is 4.20. The Kier molecular flexibility index (Phi) is 3.45. The number of piperidine rings is 1. The van der Waals surface area contributed by atoms with E-state index in [0.717, 1.165) is 45.2 Å². The van der Waals surface area contributed by atoms with Crippen LogP contribution in [0.3, 0.4) is 0 Å². The Labute approximate surface area is 92.8 Å². The van der Waals surface area contributed by atoms with Gasteiger partial charge in [-0.25, -0.2) is 0 Å². The van der Waals surface area contributed by atoms with Gasteiger partial charge in [0.1, 0.15) is 5.78 Å². The molecule has 1 heterocycles. The van der Waals surface area contributed by atoms with Crippen molar-refractivity contribution in [3.05, 3.63) is 0 Å². The second-order valence-corrected chi connectivity index (χ2v) is 5.30. The Hall–Kier alpha value is -0.370. The minimum atomic E-state index is 0.0120. The third-order valence-corrected chi connectivity index (χ3v) is 4.20. The molecule has 1 aliphatic heterocycles. The first kappa shape index (κ1) is 11.1. The van der Waals surface area contributed by atoms with Crippen LogP contribution in [0.1, 0.15) is 51.9 Å². The van der Waals surface area contributed by atoms with E-state index < -0.39 is 0 Å². The first-order valence-electron chi connectivity index (χ1n) is 6.53. The third kappa shape index (κ3) is 2.10. The summed E-state index contributed by atoms with van der Waals surface area (Å²) in [6, 6.07) is 0. The Morgan fingerprint density at radius 2 is 2.20 bits per heavy atom. The average Bonchev–Trinajstić information content (AvgIpc) is 2.17. The molecule has 1 N–H and O–H groups in total. The molecule has 0 aromatic carbocycles. The SMILES string of the molecule is CCCC1(C(=O)C2CCC2)CCCNC1. The minimum Gasteiger partial charge on any atom is -0.316 e. The topological polar surface area (TPSA) is 29.1 Å². The maximum Gasteiger partial charge on any atom is 0.143 e. The van der Waals surface area contributed by atoms with E-state index in [9.17, 15) is 4.79 Å². The van der Waals surface area contributed by atoms with E-state index in [4.69, 9.17) is 0 Å². The molecule has 1 aliphatic carbocycles. The Bertz CT molecular complexity index is 221. The van der Waals surface area contributed by atoms with Crippen LogP contribution in [0.15, 0.2) is 0 Å². The zero-order valence-electron chi connectivity index (χ0n) is 9.85. The van der Waals surface area contributed by atoms with Crippen molar-refractivity contribution in [1.82, 2.24) is 5.32 Å². The van der Waals surface area contributed by atoms with Crippen LogP contribution >= 0.6 is 0 Å². The summed E-state index contributed by atoms with van der Waals surface area (Å²) in [7, 11) is 0. The van der Waals surface area contributed by atoms with Gasteiger partial charge in [0.15, 0.2) is 0 Å². The molecule has 1 saturated carbocycles. The lowest BCUT2D eigenvalue weighted by atomic mass is 9.65. The van der Waals surface area contributed by atoms with Crippen LogP contribution in [-0.2, 0) is 4.79 Å². The summed E-state index contributed by atoms with van der Waals surface area (Å²) in [5.41, 5.74) is 0.0120. The molecule has 2 nitrogen and oxygen atoms in total. The van der Waals surface area contributed by atoms with Crippen LogP contribution in [0.2, 0.25) is 0 Å². The molecule has 1 saturated heterocycles. The lowest BCUT2D eigenvalue weighted by molar-refractivity contribution is -0.137. The number of carbonyl (C=O) groups is 1. The van der Waals surface area contributed by atoms with E-state index in [1.807, 2.05) is 0 Å². The summed E-state index contributed by atoms with van der Waals surface area (Å²) < 4.78 is 0. The fourth-order valence-corrected chi connectivity index (χ4v) is 3.10. The molecule has 2 heteroatoms. The van der Waals surface area contributed by atoms with E-state index >= 15 is 0 Å². The highest BCUT2D eigenvalue weighted by molar-refractivity contribution is 5.88. The number of nitrogens with one attached hydrogen (secondary N) is 1. The van der Waals surface area contributed by atoms with Crippen LogP contribution in [0.25, 0.3) is 0 Å². The van der Waals surface area contributed by atoms with Gasteiger partial charge in [-0.3, -0.25) is 4.79 Å². The summed E-state index contributed by atoms with van der Waals surface area (Å²) in [5, 5.41) is 3.42. The Morgan fingerprint density at radius 1 is 1.40 bits per heavy atom. The number of carbonyl (C=O) groups excluding carboxylic acids is 1. The van der Waals surface area contributed by atoms with Gasteiger partial charge in [0.25, 0.3) is 0 Å². The van der Waals surface area contributed by atoms with Gasteiger partial charge < -0.3 is 5.32 Å². The highest BCUT2D eigenvalue weighted by Crippen LogP contribution is 2.40. The smallest absolute Gasteiger partial charge is 0.143 e. The molecule has 15 heavy (non-hydrogen) atoms. The predicted octanol–water partition coefficient (Wildman–Crippen LogP) is 2.53. The highest BCUT2D eigenvalue weighted by Gasteiger charge is 2.43. The quantitative estimate of drug-likeness (QED) is 0.771. The van der Waals surface area contributed by atoms with Crippen LogP contribution in [0.5, 0.6) is 0 Å². The zero-order chi connectivity index (χ0) is 10.7. The fourth-order valence-electron chi connectivity index (χ4n) is 3.10. The molecule has 0 bridgehead atoms. The van der Waals surface area contributed by atoms with Crippen LogP contribution in [-0.4, -0.2) is 18.9 Å². The van der Waals surface area contributed by atoms with Crippen molar-refractivity contribution in [3.8, 4) is 0 Å². The second-order valence-electron chi connectivity index (χ2n) is 5.30. The Balaban J connectivity index is 2.05. The van der Waals surface area contributed by atoms with Crippen LogP contribution < -0.4 is 5.32 Å². The van der Waals surface area contributed by atoms with E-state index in [1.165, 1.54) is 12.8 Å². The summed E-state index contributed by atoms with van der Waals surface area (Å²) in [6.45, 7) is 4.24. The number of hydrogen-bond donors (Lipinski definition) is 1. The van der Waals surface area contributed by atoms with Crippen molar-refractivity contribution < 1.29 is 4.79 Å². The van der Waals surface area contributed by atoms with Gasteiger partial charge in [0.05, 0.1) is 0 Å². The summed E-state index contributed by atoms with van der Waals surface area (Å²) in [5.74, 6) is 0.999. The second kappa shape index (κ2) is 4.65. The van der Waals surface area contributed by atoms with E-state index in [-0.39, 0.29) is 5.41 Å². The van der Waals surface area contributed by atoms with Crippen molar-refractivity contribution in [2.75, 3.05) is 13.1 Å². The summed E-state index contributed by atoms with van der Waals surface area (Å²) in [6.07, 6.45) is 8.12. The molecule has 1 atom stereocenters. The fraction of sp³-hybridized carbons (Fsp3) is 0.923. The van der Waals surface area contributed by atoms with Gasteiger partial charge in [-0.15, -0.1) is 0 Å². The molecule has 0 spiro atoms. The lowest BCUT2D eigenvalue weighted by Crippen LogP contribution is -2.48. The van der Waals surface area contributed by atoms with E-state index in [1.54, 1.807) is 0 Å². The normalized spacial score (nSPS) is 32.3. The largest absolute Gasteiger partial charge is 0.316 e. The van der Waals surface area contributed by atoms with E-state index in [2.05, 4.69) is 12.2 Å². The number of ketones is 1. The lowest BCUT2D eigenvalue weighted by Gasteiger charge is -2.41. The molecule has 0 aromatic heterocycles. The van der Waals surface area contributed by atoms with Gasteiger partial charge in [-0.2, -0.15) is 0 Å². The molecule has 0 amide bonds. The summed E-state index contributed by atoms with van der Waals surface area (Å²) in [4.78, 5) is 12.5. The van der Waals surface area contributed by atoms with Crippen molar-refractivity contribution >= 4 is 5.78 Å².